The van der Waals surface area contributed by atoms with Crippen molar-refractivity contribution in [2.45, 2.75) is 58.8 Å². The first-order valence-corrected chi connectivity index (χ1v) is 10.2. The monoisotopic (exact) mass is 360 g/mol. The van der Waals surface area contributed by atoms with E-state index in [1.807, 2.05) is 0 Å². The summed E-state index contributed by atoms with van der Waals surface area (Å²) in [4.78, 5) is 0. The van der Waals surface area contributed by atoms with Gasteiger partial charge < -0.3 is 0 Å². The van der Waals surface area contributed by atoms with Crippen molar-refractivity contribution in [2.75, 3.05) is 0 Å². The van der Waals surface area contributed by atoms with Gasteiger partial charge in [0.2, 0.25) is 0 Å². The quantitative estimate of drug-likeness (QED) is 0.183. The number of unbranched alkanes of at least 4 members (excludes halogenated alkanes) is 2. The Bertz CT molecular complexity index is 722. The van der Waals surface area contributed by atoms with E-state index >= 15 is 0 Å². The van der Waals surface area contributed by atoms with Crippen molar-refractivity contribution in [3.05, 3.63) is 82.9 Å². The van der Waals surface area contributed by atoms with E-state index in [0.717, 1.165) is 36.8 Å². The van der Waals surface area contributed by atoms with Crippen LogP contribution >= 0.6 is 0 Å². The van der Waals surface area contributed by atoms with Crippen molar-refractivity contribution >= 4 is 12.4 Å². The maximum Gasteiger partial charge on any atom is 0.0568 e. The molecule has 2 nitrogen and oxygen atoms in total. The van der Waals surface area contributed by atoms with Crippen molar-refractivity contribution < 1.29 is 0 Å². The van der Waals surface area contributed by atoms with Gasteiger partial charge in [0.15, 0.2) is 0 Å². The maximum absolute atomic E-state index is 4.17. The van der Waals surface area contributed by atoms with Crippen LogP contribution in [0, 0.1) is 0 Å². The van der Waals surface area contributed by atoms with Crippen LogP contribution in [-0.2, 0) is 12.8 Å². The molecular weight excluding hydrogens is 328 g/mol. The van der Waals surface area contributed by atoms with Crippen molar-refractivity contribution in [2.24, 2.45) is 10.2 Å². The van der Waals surface area contributed by atoms with Crippen LogP contribution in [0.5, 0.6) is 0 Å². The average molecular weight is 361 g/mol. The number of rotatable bonds is 11. The highest BCUT2D eigenvalue weighted by atomic mass is 15.2. The molecule has 0 spiro atoms. The van der Waals surface area contributed by atoms with Crippen LogP contribution in [0.3, 0.4) is 0 Å². The lowest BCUT2D eigenvalue weighted by atomic mass is 10.1. The van der Waals surface area contributed by atoms with E-state index in [0.29, 0.717) is 0 Å². The van der Waals surface area contributed by atoms with Crippen molar-refractivity contribution in [3.63, 3.8) is 0 Å². The molecule has 0 N–H and O–H groups in total. The molecule has 0 atom stereocenters. The molecular formula is C25H32N2. The van der Waals surface area contributed by atoms with Crippen LogP contribution in [0.1, 0.15) is 68.2 Å². The summed E-state index contributed by atoms with van der Waals surface area (Å²) in [6.07, 6.45) is 16.4. The summed E-state index contributed by atoms with van der Waals surface area (Å²) in [5, 5.41) is 8.34. The molecule has 2 heteroatoms. The molecule has 0 aliphatic heterocycles. The zero-order valence-corrected chi connectivity index (χ0v) is 16.8. The Morgan fingerprint density at radius 1 is 0.667 bits per heavy atom. The third kappa shape index (κ3) is 8.63. The van der Waals surface area contributed by atoms with E-state index in [9.17, 15) is 0 Å². The van der Waals surface area contributed by atoms with E-state index in [1.54, 1.807) is 12.4 Å². The van der Waals surface area contributed by atoms with Gasteiger partial charge in [-0.3, -0.25) is 0 Å². The van der Waals surface area contributed by atoms with Crippen molar-refractivity contribution in [3.8, 4) is 0 Å². The summed E-state index contributed by atoms with van der Waals surface area (Å²) >= 11 is 0. The molecule has 0 heterocycles. The smallest absolute Gasteiger partial charge is 0.0568 e. The molecule has 0 radical (unpaired) electrons. The minimum atomic E-state index is 1.08. The second-order valence-electron chi connectivity index (χ2n) is 6.85. The first kappa shape index (κ1) is 20.8. The normalized spacial score (nSPS) is 11.9. The number of allylic oxidation sites excluding steroid dienone is 2. The summed E-state index contributed by atoms with van der Waals surface area (Å²) in [7, 11) is 0. The van der Waals surface area contributed by atoms with Crippen LogP contribution in [0.15, 0.2) is 70.9 Å². The Kier molecular flexibility index (Phi) is 9.88. The number of benzene rings is 2. The molecule has 0 saturated carbocycles. The van der Waals surface area contributed by atoms with Crippen LogP contribution in [0.2, 0.25) is 0 Å². The predicted octanol–water partition coefficient (Wildman–Crippen LogP) is 6.77. The molecule has 0 saturated heterocycles. The second kappa shape index (κ2) is 12.8. The summed E-state index contributed by atoms with van der Waals surface area (Å²) < 4.78 is 0. The van der Waals surface area contributed by atoms with Gasteiger partial charge in [-0.25, -0.2) is 0 Å². The zero-order chi connectivity index (χ0) is 19.2. The summed E-state index contributed by atoms with van der Waals surface area (Å²) in [6.45, 7) is 4.40. The standard InChI is InChI=1S/C25H32N2/c1-3-5-7-9-11-23-14-18-25(19-15-23)21-27-26-20-24-16-12-22(13-17-24)10-8-6-4-2/h5,7,12-21H,3-4,6,8-11H2,1-2H3/b7-5+,26-20?,27-21?. The van der Waals surface area contributed by atoms with Crippen LogP contribution in [0.4, 0.5) is 0 Å². The van der Waals surface area contributed by atoms with Gasteiger partial charge in [-0.05, 0) is 54.4 Å². The lowest BCUT2D eigenvalue weighted by Crippen LogP contribution is -1.87. The highest BCUT2D eigenvalue weighted by Crippen LogP contribution is 2.08. The first-order chi connectivity index (χ1) is 13.3. The van der Waals surface area contributed by atoms with Gasteiger partial charge in [-0.1, -0.05) is 87.4 Å². The third-order valence-electron chi connectivity index (χ3n) is 4.51. The van der Waals surface area contributed by atoms with Gasteiger partial charge in [0, 0.05) is 0 Å². The SMILES string of the molecule is CC/C=C/CCc1ccc(C=NN=Cc2ccc(CCCCC)cc2)cc1. The molecule has 0 fully saturated rings. The molecule has 0 bridgehead atoms. The van der Waals surface area contributed by atoms with E-state index in [-0.39, 0.29) is 0 Å². The Labute approximate surface area is 164 Å². The highest BCUT2D eigenvalue weighted by Gasteiger charge is 1.94. The van der Waals surface area contributed by atoms with Crippen LogP contribution in [0.25, 0.3) is 0 Å². The fourth-order valence-electron chi connectivity index (χ4n) is 2.85. The molecule has 2 rings (SSSR count). The predicted molar refractivity (Wildman–Crippen MR) is 119 cm³/mol. The number of aryl methyl sites for hydroxylation is 2. The largest absolute Gasteiger partial charge is 0.159 e. The molecule has 0 amide bonds. The topological polar surface area (TPSA) is 24.7 Å². The van der Waals surface area contributed by atoms with Crippen LogP contribution < -0.4 is 0 Å². The summed E-state index contributed by atoms with van der Waals surface area (Å²) in [5.74, 6) is 0. The van der Waals surface area contributed by atoms with Gasteiger partial charge in [0.1, 0.15) is 0 Å². The van der Waals surface area contributed by atoms with E-state index in [1.165, 1.54) is 30.4 Å². The Morgan fingerprint density at radius 3 is 1.74 bits per heavy atom. The molecule has 27 heavy (non-hydrogen) atoms. The minimum absolute atomic E-state index is 1.08. The molecule has 0 aliphatic rings. The fraction of sp³-hybridized carbons (Fsp3) is 0.360. The Hall–Kier alpha value is -2.48. The highest BCUT2D eigenvalue weighted by molar-refractivity contribution is 5.82. The van der Waals surface area contributed by atoms with Crippen molar-refractivity contribution in [1.82, 2.24) is 0 Å². The summed E-state index contributed by atoms with van der Waals surface area (Å²) in [6, 6.07) is 17.1. The van der Waals surface area contributed by atoms with E-state index in [4.69, 9.17) is 0 Å². The van der Waals surface area contributed by atoms with Gasteiger partial charge in [0.25, 0.3) is 0 Å². The van der Waals surface area contributed by atoms with Crippen LogP contribution in [-0.4, -0.2) is 12.4 Å². The first-order valence-electron chi connectivity index (χ1n) is 10.2. The number of hydrogen-bond acceptors (Lipinski definition) is 2. The molecule has 2 aromatic carbocycles. The van der Waals surface area contributed by atoms with Gasteiger partial charge in [0.05, 0.1) is 12.4 Å². The number of nitrogens with zero attached hydrogens (tertiary/aromatic N) is 2. The van der Waals surface area contributed by atoms with E-state index in [2.05, 4.69) is 84.7 Å². The van der Waals surface area contributed by atoms with Gasteiger partial charge >= 0.3 is 0 Å². The molecule has 0 aliphatic carbocycles. The Morgan fingerprint density at radius 2 is 1.22 bits per heavy atom. The van der Waals surface area contributed by atoms with Crippen molar-refractivity contribution in [1.29, 1.82) is 0 Å². The number of hydrogen-bond donors (Lipinski definition) is 0. The second-order valence-corrected chi connectivity index (χ2v) is 6.85. The Balaban J connectivity index is 1.79. The average Bonchev–Trinajstić information content (AvgIpc) is 2.71. The molecule has 0 aromatic heterocycles. The maximum atomic E-state index is 4.17. The summed E-state index contributed by atoms with van der Waals surface area (Å²) in [5.41, 5.74) is 4.91. The van der Waals surface area contributed by atoms with Gasteiger partial charge in [-0.15, -0.1) is 0 Å². The fourth-order valence-corrected chi connectivity index (χ4v) is 2.85. The van der Waals surface area contributed by atoms with Gasteiger partial charge in [-0.2, -0.15) is 10.2 Å². The zero-order valence-electron chi connectivity index (χ0n) is 16.8. The molecule has 142 valence electrons. The molecule has 0 unspecified atom stereocenters. The molecule has 2 aromatic rings. The minimum Gasteiger partial charge on any atom is -0.159 e. The van der Waals surface area contributed by atoms with E-state index < -0.39 is 0 Å². The lowest BCUT2D eigenvalue weighted by Gasteiger charge is -2.00. The third-order valence-corrected chi connectivity index (χ3v) is 4.51. The lowest BCUT2D eigenvalue weighted by molar-refractivity contribution is 0.717.